The van der Waals surface area contributed by atoms with E-state index in [0.29, 0.717) is 6.54 Å². The third-order valence-electron chi connectivity index (χ3n) is 4.02. The molecule has 1 atom stereocenters. The molecule has 0 spiro atoms. The number of hydrogen-bond donors (Lipinski definition) is 1. The summed E-state index contributed by atoms with van der Waals surface area (Å²) < 4.78 is 25.5. The number of nitrogens with one attached hydrogen (secondary N) is 1. The molecule has 1 fully saturated rings. The van der Waals surface area contributed by atoms with Gasteiger partial charge in [0.1, 0.15) is 0 Å². The minimum Gasteiger partial charge on any atom is -0.301 e. The summed E-state index contributed by atoms with van der Waals surface area (Å²) in [6, 6.07) is 10.2. The van der Waals surface area contributed by atoms with Gasteiger partial charge in [-0.2, -0.15) is 0 Å². The maximum atomic E-state index is 11.4. The molecule has 0 bridgehead atoms. The molecule has 1 unspecified atom stereocenters. The highest BCUT2D eigenvalue weighted by molar-refractivity contribution is 7.88. The Labute approximate surface area is 128 Å². The number of rotatable bonds is 6. The number of piperazine rings is 1. The van der Waals surface area contributed by atoms with Gasteiger partial charge in [0, 0.05) is 38.8 Å². The van der Waals surface area contributed by atoms with Crippen molar-refractivity contribution in [2.75, 3.05) is 45.5 Å². The normalized spacial score (nSPS) is 19.5. The van der Waals surface area contributed by atoms with E-state index in [1.807, 2.05) is 18.2 Å². The first-order valence-corrected chi connectivity index (χ1v) is 9.34. The van der Waals surface area contributed by atoms with Gasteiger partial charge in [-0.15, -0.1) is 0 Å². The molecule has 6 heteroatoms. The van der Waals surface area contributed by atoms with Crippen LogP contribution in [0.5, 0.6) is 0 Å². The molecule has 1 heterocycles. The van der Waals surface area contributed by atoms with Crippen LogP contribution in [0.25, 0.3) is 0 Å². The molecule has 118 valence electrons. The van der Waals surface area contributed by atoms with Crippen molar-refractivity contribution in [2.24, 2.45) is 0 Å². The van der Waals surface area contributed by atoms with Crippen molar-refractivity contribution in [2.45, 2.75) is 13.0 Å². The third kappa shape index (κ3) is 5.07. The molecule has 1 N–H and O–H groups in total. The van der Waals surface area contributed by atoms with Gasteiger partial charge in [-0.1, -0.05) is 37.3 Å². The molecule has 1 aliphatic rings. The van der Waals surface area contributed by atoms with Crippen LogP contribution in [0.3, 0.4) is 0 Å². The van der Waals surface area contributed by atoms with Crippen molar-refractivity contribution in [1.82, 2.24) is 14.5 Å². The van der Waals surface area contributed by atoms with E-state index in [-0.39, 0.29) is 6.04 Å². The highest BCUT2D eigenvalue weighted by Gasteiger charge is 2.25. The molecule has 1 aromatic carbocycles. The smallest absolute Gasteiger partial charge is 0.208 e. The quantitative estimate of drug-likeness (QED) is 0.849. The second-order valence-corrected chi connectivity index (χ2v) is 7.35. The zero-order valence-corrected chi connectivity index (χ0v) is 13.6. The van der Waals surface area contributed by atoms with Crippen molar-refractivity contribution in [3.8, 4) is 0 Å². The van der Waals surface area contributed by atoms with E-state index in [1.165, 1.54) is 11.8 Å². The summed E-state index contributed by atoms with van der Waals surface area (Å²) in [5.41, 5.74) is 1.17. The monoisotopic (exact) mass is 311 g/mol. The van der Waals surface area contributed by atoms with Crippen molar-refractivity contribution < 1.29 is 8.42 Å². The van der Waals surface area contributed by atoms with Crippen molar-refractivity contribution >= 4 is 10.0 Å². The number of hydrogen-bond acceptors (Lipinski definition) is 4. The van der Waals surface area contributed by atoms with Gasteiger partial charge in [0.05, 0.1) is 6.26 Å². The molecular weight excluding hydrogens is 286 g/mol. The average Bonchev–Trinajstić information content (AvgIpc) is 2.48. The molecule has 1 aliphatic heterocycles. The maximum absolute atomic E-state index is 11.4. The van der Waals surface area contributed by atoms with Crippen LogP contribution in [-0.2, 0) is 10.0 Å². The maximum Gasteiger partial charge on any atom is 0.208 e. The minimum absolute atomic E-state index is 0.0972. The first kappa shape index (κ1) is 16.4. The van der Waals surface area contributed by atoms with Gasteiger partial charge in [0.15, 0.2) is 0 Å². The van der Waals surface area contributed by atoms with Crippen molar-refractivity contribution in [3.05, 3.63) is 35.9 Å². The molecule has 0 saturated carbocycles. The van der Waals surface area contributed by atoms with Crippen LogP contribution in [0.1, 0.15) is 18.5 Å². The Hall–Kier alpha value is -0.950. The lowest BCUT2D eigenvalue weighted by Crippen LogP contribution is -2.49. The molecule has 0 aromatic heterocycles. The Bertz CT molecular complexity index is 525. The first-order chi connectivity index (χ1) is 9.99. The van der Waals surface area contributed by atoms with E-state index < -0.39 is 10.0 Å². The van der Waals surface area contributed by atoms with E-state index in [1.54, 1.807) is 0 Å². The Balaban J connectivity index is 2.09. The van der Waals surface area contributed by atoms with Crippen molar-refractivity contribution in [3.63, 3.8) is 0 Å². The predicted molar refractivity (Wildman–Crippen MR) is 85.7 cm³/mol. The van der Waals surface area contributed by atoms with E-state index in [9.17, 15) is 8.42 Å². The highest BCUT2D eigenvalue weighted by Crippen LogP contribution is 2.21. The lowest BCUT2D eigenvalue weighted by Gasteiger charge is -2.39. The summed E-state index contributed by atoms with van der Waals surface area (Å²) >= 11 is 0. The van der Waals surface area contributed by atoms with E-state index in [2.05, 4.69) is 33.6 Å². The van der Waals surface area contributed by atoms with Crippen LogP contribution in [0, 0.1) is 0 Å². The van der Waals surface area contributed by atoms with Crippen LogP contribution < -0.4 is 4.72 Å². The fourth-order valence-electron chi connectivity index (χ4n) is 2.75. The molecule has 2 rings (SSSR count). The second-order valence-electron chi connectivity index (χ2n) is 5.52. The topological polar surface area (TPSA) is 52.6 Å². The first-order valence-electron chi connectivity index (χ1n) is 7.45. The van der Waals surface area contributed by atoms with E-state index in [4.69, 9.17) is 0 Å². The Kier molecular flexibility index (Phi) is 5.75. The standard InChI is InChI=1S/C15H25N3O2S/c1-3-17-9-11-18(12-10-17)15(13-16-21(2,19)20)14-7-5-4-6-8-14/h4-8,15-16H,3,9-13H2,1-2H3. The van der Waals surface area contributed by atoms with Crippen LogP contribution >= 0.6 is 0 Å². The fraction of sp³-hybridized carbons (Fsp3) is 0.600. The lowest BCUT2D eigenvalue weighted by atomic mass is 10.0. The molecule has 0 amide bonds. The summed E-state index contributed by atoms with van der Waals surface area (Å²) in [6.07, 6.45) is 1.21. The number of benzene rings is 1. The van der Waals surface area contributed by atoms with Crippen LogP contribution in [-0.4, -0.2) is 63.7 Å². The predicted octanol–water partition coefficient (Wildman–Crippen LogP) is 0.914. The minimum atomic E-state index is -3.17. The molecular formula is C15H25N3O2S. The van der Waals surface area contributed by atoms with Crippen LogP contribution in [0.15, 0.2) is 30.3 Å². The van der Waals surface area contributed by atoms with Gasteiger partial charge in [-0.05, 0) is 12.1 Å². The SMILES string of the molecule is CCN1CCN(C(CNS(C)(=O)=O)c2ccccc2)CC1. The average molecular weight is 311 g/mol. The zero-order chi connectivity index (χ0) is 15.3. The summed E-state index contributed by atoms with van der Waals surface area (Å²) in [6.45, 7) is 7.70. The largest absolute Gasteiger partial charge is 0.301 e. The summed E-state index contributed by atoms with van der Waals surface area (Å²) in [7, 11) is -3.17. The van der Waals surface area contributed by atoms with Gasteiger partial charge in [0.25, 0.3) is 0 Å². The van der Waals surface area contributed by atoms with Gasteiger partial charge in [-0.25, -0.2) is 13.1 Å². The molecule has 1 aromatic rings. The van der Waals surface area contributed by atoms with Gasteiger partial charge >= 0.3 is 0 Å². The second kappa shape index (κ2) is 7.35. The lowest BCUT2D eigenvalue weighted by molar-refractivity contribution is 0.100. The number of nitrogens with zero attached hydrogens (tertiary/aromatic N) is 2. The van der Waals surface area contributed by atoms with E-state index in [0.717, 1.165) is 32.7 Å². The van der Waals surface area contributed by atoms with Gasteiger partial charge in [0.2, 0.25) is 10.0 Å². The summed E-state index contributed by atoms with van der Waals surface area (Å²) in [5.74, 6) is 0. The Morgan fingerprint density at radius 2 is 1.76 bits per heavy atom. The molecule has 1 saturated heterocycles. The van der Waals surface area contributed by atoms with Crippen LogP contribution in [0.2, 0.25) is 0 Å². The Morgan fingerprint density at radius 1 is 1.14 bits per heavy atom. The fourth-order valence-corrected chi connectivity index (χ4v) is 3.22. The number of sulfonamides is 1. The Morgan fingerprint density at radius 3 is 2.29 bits per heavy atom. The van der Waals surface area contributed by atoms with Crippen LogP contribution in [0.4, 0.5) is 0 Å². The molecule has 21 heavy (non-hydrogen) atoms. The number of likely N-dealkylation sites (N-methyl/N-ethyl adjacent to an activating group) is 1. The van der Waals surface area contributed by atoms with Gasteiger partial charge < -0.3 is 4.90 Å². The highest BCUT2D eigenvalue weighted by atomic mass is 32.2. The third-order valence-corrected chi connectivity index (χ3v) is 4.71. The van der Waals surface area contributed by atoms with Gasteiger partial charge in [-0.3, -0.25) is 4.90 Å². The molecule has 0 aliphatic carbocycles. The summed E-state index contributed by atoms with van der Waals surface area (Å²) in [5, 5.41) is 0. The molecule has 0 radical (unpaired) electrons. The van der Waals surface area contributed by atoms with E-state index >= 15 is 0 Å². The molecule has 5 nitrogen and oxygen atoms in total. The summed E-state index contributed by atoms with van der Waals surface area (Å²) in [4.78, 5) is 4.79. The zero-order valence-electron chi connectivity index (χ0n) is 12.8. The van der Waals surface area contributed by atoms with Crippen molar-refractivity contribution in [1.29, 1.82) is 0 Å².